The van der Waals surface area contributed by atoms with Crippen LogP contribution in [-0.2, 0) is 10.5 Å². The number of ether oxygens (including phenoxy) is 1. The first-order valence-electron chi connectivity index (χ1n) is 8.02. The molecule has 4 rings (SSSR count). The molecule has 11 heteroatoms. The number of carbonyl (C=O) groups excluding carboxylic acids is 1. The molecule has 0 aliphatic rings. The summed E-state index contributed by atoms with van der Waals surface area (Å²) in [6.07, 6.45) is 0. The number of rotatable bonds is 7. The van der Waals surface area contributed by atoms with E-state index in [1.807, 2.05) is 6.07 Å². The third-order valence-corrected chi connectivity index (χ3v) is 6.12. The van der Waals surface area contributed by atoms with Crippen molar-refractivity contribution >= 4 is 56.9 Å². The van der Waals surface area contributed by atoms with Crippen LogP contribution in [-0.4, -0.2) is 31.5 Å². The summed E-state index contributed by atoms with van der Waals surface area (Å²) in [6, 6.07) is 11.7. The SMILES string of the molecule is O=C(COc1cccc2nsnc12)Nc1nnc(SCc2ccc(F)cc2)s1. The normalized spacial score (nSPS) is 10.9. The molecule has 7 nitrogen and oxygen atoms in total. The summed E-state index contributed by atoms with van der Waals surface area (Å²) in [5.41, 5.74) is 2.34. The minimum atomic E-state index is -0.341. The van der Waals surface area contributed by atoms with Gasteiger partial charge in [-0.05, 0) is 29.8 Å². The lowest BCUT2D eigenvalue weighted by atomic mass is 10.2. The Morgan fingerprint density at radius 1 is 1.14 bits per heavy atom. The number of aromatic nitrogens is 4. The molecule has 142 valence electrons. The summed E-state index contributed by atoms with van der Waals surface area (Å²) in [5, 5.41) is 11.1. The zero-order valence-corrected chi connectivity index (χ0v) is 16.6. The molecule has 0 spiro atoms. The second kappa shape index (κ2) is 8.59. The zero-order chi connectivity index (χ0) is 19.3. The molecule has 4 aromatic rings. The Kier molecular flexibility index (Phi) is 5.74. The fourth-order valence-electron chi connectivity index (χ4n) is 2.24. The minimum Gasteiger partial charge on any atom is -0.481 e. The Bertz CT molecular complexity index is 1100. The van der Waals surface area contributed by atoms with E-state index in [2.05, 4.69) is 24.3 Å². The number of halogens is 1. The van der Waals surface area contributed by atoms with E-state index in [1.165, 1.54) is 35.2 Å². The molecule has 2 heterocycles. The highest BCUT2D eigenvalue weighted by Gasteiger charge is 2.12. The van der Waals surface area contributed by atoms with Gasteiger partial charge in [0.05, 0.1) is 11.7 Å². The van der Waals surface area contributed by atoms with Crippen LogP contribution in [0.4, 0.5) is 9.52 Å². The van der Waals surface area contributed by atoms with Gasteiger partial charge in [-0.15, -0.1) is 10.2 Å². The molecule has 0 saturated heterocycles. The molecule has 0 aliphatic carbocycles. The lowest BCUT2D eigenvalue weighted by Crippen LogP contribution is -2.20. The minimum absolute atomic E-state index is 0.172. The Morgan fingerprint density at radius 3 is 2.86 bits per heavy atom. The summed E-state index contributed by atoms with van der Waals surface area (Å²) < 4.78 is 27.5. The van der Waals surface area contributed by atoms with E-state index in [0.29, 0.717) is 26.5 Å². The van der Waals surface area contributed by atoms with Crippen LogP contribution in [0.5, 0.6) is 5.75 Å². The predicted octanol–water partition coefficient (Wildman–Crippen LogP) is 3.99. The lowest BCUT2D eigenvalue weighted by molar-refractivity contribution is -0.118. The molecule has 2 aromatic heterocycles. The molecular weight excluding hydrogens is 421 g/mol. The molecule has 0 aliphatic heterocycles. The summed E-state index contributed by atoms with van der Waals surface area (Å²) in [7, 11) is 0. The van der Waals surface area contributed by atoms with Gasteiger partial charge >= 0.3 is 0 Å². The third-order valence-electron chi connectivity index (χ3n) is 3.54. The quantitative estimate of drug-likeness (QED) is 0.348. The van der Waals surface area contributed by atoms with Crippen molar-refractivity contribution in [2.75, 3.05) is 11.9 Å². The van der Waals surface area contributed by atoms with E-state index in [0.717, 1.165) is 22.8 Å². The maximum atomic E-state index is 12.9. The summed E-state index contributed by atoms with van der Waals surface area (Å²) in [6.45, 7) is -0.172. The number of nitrogens with zero attached hydrogens (tertiary/aromatic N) is 4. The van der Waals surface area contributed by atoms with Crippen LogP contribution < -0.4 is 10.1 Å². The predicted molar refractivity (Wildman–Crippen MR) is 107 cm³/mol. The van der Waals surface area contributed by atoms with Crippen molar-refractivity contribution in [3.63, 3.8) is 0 Å². The van der Waals surface area contributed by atoms with Crippen molar-refractivity contribution in [1.29, 1.82) is 0 Å². The molecule has 2 aromatic carbocycles. The molecule has 0 atom stereocenters. The van der Waals surface area contributed by atoms with Gasteiger partial charge in [0.1, 0.15) is 22.6 Å². The summed E-state index contributed by atoms with van der Waals surface area (Å²) in [5.74, 6) is 0.539. The van der Waals surface area contributed by atoms with E-state index in [4.69, 9.17) is 4.74 Å². The number of anilines is 1. The largest absolute Gasteiger partial charge is 0.481 e. The monoisotopic (exact) mass is 433 g/mol. The third kappa shape index (κ3) is 4.61. The van der Waals surface area contributed by atoms with Crippen LogP contribution in [0.15, 0.2) is 46.8 Å². The van der Waals surface area contributed by atoms with Gasteiger partial charge in [-0.25, -0.2) is 4.39 Å². The number of thioether (sulfide) groups is 1. The second-order valence-electron chi connectivity index (χ2n) is 5.51. The van der Waals surface area contributed by atoms with Crippen molar-refractivity contribution in [1.82, 2.24) is 18.9 Å². The number of fused-ring (bicyclic) bond motifs is 1. The number of amides is 1. The van der Waals surface area contributed by atoms with Crippen LogP contribution in [0.25, 0.3) is 11.0 Å². The van der Waals surface area contributed by atoms with Gasteiger partial charge < -0.3 is 4.74 Å². The van der Waals surface area contributed by atoms with E-state index in [1.54, 1.807) is 24.3 Å². The average Bonchev–Trinajstić information content (AvgIpc) is 3.35. The molecule has 0 unspecified atom stereocenters. The van der Waals surface area contributed by atoms with Gasteiger partial charge in [-0.2, -0.15) is 8.75 Å². The number of carbonyl (C=O) groups is 1. The van der Waals surface area contributed by atoms with E-state index >= 15 is 0 Å². The summed E-state index contributed by atoms with van der Waals surface area (Å²) in [4.78, 5) is 12.1. The first-order valence-corrected chi connectivity index (χ1v) is 10.6. The van der Waals surface area contributed by atoms with Gasteiger partial charge in [0.25, 0.3) is 5.91 Å². The standard InChI is InChI=1S/C17H12FN5O2S3/c18-11-6-4-10(5-7-11)9-26-17-21-20-16(27-17)19-14(24)8-25-13-3-1-2-12-15(13)23-28-22-12/h1-7H,8-9H2,(H,19,20,24). The van der Waals surface area contributed by atoms with Gasteiger partial charge in [-0.3, -0.25) is 10.1 Å². The molecular formula is C17H12FN5O2S3. The fourth-order valence-corrected chi connectivity index (χ4v) is 4.51. The van der Waals surface area contributed by atoms with Gasteiger partial charge in [-0.1, -0.05) is 41.3 Å². The second-order valence-corrected chi connectivity index (χ2v) is 8.24. The van der Waals surface area contributed by atoms with E-state index in [-0.39, 0.29) is 18.3 Å². The topological polar surface area (TPSA) is 89.9 Å². The molecule has 1 amide bonds. The highest BCUT2D eigenvalue weighted by Crippen LogP contribution is 2.28. The van der Waals surface area contributed by atoms with Crippen LogP contribution in [0, 0.1) is 5.82 Å². The number of hydrogen-bond acceptors (Lipinski definition) is 9. The van der Waals surface area contributed by atoms with Crippen LogP contribution in [0.3, 0.4) is 0 Å². The molecule has 0 saturated carbocycles. The van der Waals surface area contributed by atoms with Crippen molar-refractivity contribution in [2.24, 2.45) is 0 Å². The zero-order valence-electron chi connectivity index (χ0n) is 14.2. The number of hydrogen-bond donors (Lipinski definition) is 1. The molecule has 0 fully saturated rings. The van der Waals surface area contributed by atoms with E-state index in [9.17, 15) is 9.18 Å². The Labute approximate surface area is 171 Å². The van der Waals surface area contributed by atoms with Gasteiger partial charge in [0.15, 0.2) is 10.9 Å². The molecule has 0 bridgehead atoms. The summed E-state index contributed by atoms with van der Waals surface area (Å²) >= 11 is 3.83. The fraction of sp³-hybridized carbons (Fsp3) is 0.118. The Balaban J connectivity index is 1.29. The van der Waals surface area contributed by atoms with Crippen LogP contribution >= 0.6 is 34.8 Å². The maximum Gasteiger partial charge on any atom is 0.264 e. The van der Waals surface area contributed by atoms with Gasteiger partial charge in [0, 0.05) is 5.75 Å². The Morgan fingerprint density at radius 2 is 2.00 bits per heavy atom. The first kappa shape index (κ1) is 18.7. The highest BCUT2D eigenvalue weighted by atomic mass is 32.2. The average molecular weight is 434 g/mol. The van der Waals surface area contributed by atoms with Crippen molar-refractivity contribution in [2.45, 2.75) is 10.1 Å². The number of benzene rings is 2. The highest BCUT2D eigenvalue weighted by molar-refractivity contribution is 8.00. The van der Waals surface area contributed by atoms with Gasteiger partial charge in [0.2, 0.25) is 5.13 Å². The Hall–Kier alpha value is -2.63. The van der Waals surface area contributed by atoms with Crippen molar-refractivity contribution in [3.8, 4) is 5.75 Å². The van der Waals surface area contributed by atoms with Crippen LogP contribution in [0.2, 0.25) is 0 Å². The molecule has 28 heavy (non-hydrogen) atoms. The van der Waals surface area contributed by atoms with Crippen molar-refractivity contribution < 1.29 is 13.9 Å². The van der Waals surface area contributed by atoms with Crippen LogP contribution in [0.1, 0.15) is 5.56 Å². The first-order chi connectivity index (χ1) is 13.7. The number of nitrogens with one attached hydrogen (secondary N) is 1. The maximum absolute atomic E-state index is 12.9. The molecule has 1 N–H and O–H groups in total. The lowest BCUT2D eigenvalue weighted by Gasteiger charge is -2.05. The van der Waals surface area contributed by atoms with E-state index < -0.39 is 0 Å². The molecule has 0 radical (unpaired) electrons. The van der Waals surface area contributed by atoms with Crippen molar-refractivity contribution in [3.05, 3.63) is 53.8 Å². The smallest absolute Gasteiger partial charge is 0.264 e.